The summed E-state index contributed by atoms with van der Waals surface area (Å²) in [5.41, 5.74) is 0. The summed E-state index contributed by atoms with van der Waals surface area (Å²) < 4.78 is 27.0. The molecule has 0 fully saturated rings. The van der Waals surface area contributed by atoms with Crippen molar-refractivity contribution in [1.29, 1.82) is 0 Å². The molecule has 0 aromatic carbocycles. The highest BCUT2D eigenvalue weighted by atomic mass is 32.2. The molecule has 0 saturated carbocycles. The van der Waals surface area contributed by atoms with Crippen molar-refractivity contribution in [2.75, 3.05) is 6.54 Å². The second-order valence-electron chi connectivity index (χ2n) is 3.66. The Labute approximate surface area is 90.2 Å². The maximum Gasteiger partial charge on any atom is 0.321 e. The smallest absolute Gasteiger partial charge is 0.321 e. The summed E-state index contributed by atoms with van der Waals surface area (Å²) in [6, 6.07) is -1.07. The highest BCUT2D eigenvalue weighted by Gasteiger charge is 2.21. The molecule has 0 rings (SSSR count). The molecule has 0 spiro atoms. The van der Waals surface area contributed by atoms with Gasteiger partial charge < -0.3 is 5.11 Å². The van der Waals surface area contributed by atoms with E-state index in [1.54, 1.807) is 6.92 Å². The highest BCUT2D eigenvalue weighted by molar-refractivity contribution is 7.87. The van der Waals surface area contributed by atoms with Crippen LogP contribution in [0.1, 0.15) is 27.2 Å². The van der Waals surface area contributed by atoms with Crippen LogP contribution in [0.3, 0.4) is 0 Å². The van der Waals surface area contributed by atoms with E-state index < -0.39 is 22.2 Å². The first kappa shape index (κ1) is 14.3. The van der Waals surface area contributed by atoms with Crippen LogP contribution in [0.2, 0.25) is 0 Å². The Balaban J connectivity index is 4.30. The molecule has 0 aromatic heterocycles. The van der Waals surface area contributed by atoms with E-state index in [0.717, 1.165) is 0 Å². The van der Waals surface area contributed by atoms with Crippen LogP contribution in [-0.2, 0) is 15.0 Å². The summed E-state index contributed by atoms with van der Waals surface area (Å²) in [6.45, 7) is 5.60. The van der Waals surface area contributed by atoms with E-state index in [-0.39, 0.29) is 18.9 Å². The van der Waals surface area contributed by atoms with Gasteiger partial charge in [0.2, 0.25) is 0 Å². The van der Waals surface area contributed by atoms with Gasteiger partial charge in [-0.1, -0.05) is 20.8 Å². The van der Waals surface area contributed by atoms with Gasteiger partial charge in [0.15, 0.2) is 0 Å². The molecule has 0 aliphatic heterocycles. The number of aliphatic carboxylic acids is 1. The van der Waals surface area contributed by atoms with E-state index in [2.05, 4.69) is 9.44 Å². The number of nitrogens with one attached hydrogen (secondary N) is 2. The normalized spacial score (nSPS) is 14.1. The summed E-state index contributed by atoms with van der Waals surface area (Å²) in [7, 11) is -3.71. The van der Waals surface area contributed by atoms with Crippen LogP contribution in [-0.4, -0.2) is 32.1 Å². The quantitative estimate of drug-likeness (QED) is 0.578. The number of carbonyl (C=O) groups is 1. The standard InChI is InChI=1S/C8H18N2O4S/c1-4-7(8(11)12)10-15(13,14)9-5-6(2)3/h6-7,9-10H,4-5H2,1-3H3,(H,11,12)/t7-/m0/s1. The largest absolute Gasteiger partial charge is 0.480 e. The summed E-state index contributed by atoms with van der Waals surface area (Å²) in [4.78, 5) is 10.6. The number of hydrogen-bond acceptors (Lipinski definition) is 3. The highest BCUT2D eigenvalue weighted by Crippen LogP contribution is 1.95. The third-order valence-electron chi connectivity index (χ3n) is 1.69. The molecule has 0 aliphatic rings. The lowest BCUT2D eigenvalue weighted by Gasteiger charge is -2.14. The van der Waals surface area contributed by atoms with E-state index in [4.69, 9.17) is 5.11 Å². The minimum atomic E-state index is -3.71. The van der Waals surface area contributed by atoms with Crippen LogP contribution in [0.15, 0.2) is 0 Å². The van der Waals surface area contributed by atoms with Crippen molar-refractivity contribution in [3.63, 3.8) is 0 Å². The van der Waals surface area contributed by atoms with Crippen molar-refractivity contribution in [1.82, 2.24) is 9.44 Å². The Hall–Kier alpha value is -0.660. The zero-order valence-electron chi connectivity index (χ0n) is 9.15. The Morgan fingerprint density at radius 2 is 1.93 bits per heavy atom. The fraction of sp³-hybridized carbons (Fsp3) is 0.875. The molecule has 6 nitrogen and oxygen atoms in total. The van der Waals surface area contributed by atoms with Gasteiger partial charge in [-0.2, -0.15) is 13.1 Å². The second kappa shape index (κ2) is 6.04. The van der Waals surface area contributed by atoms with E-state index in [1.165, 1.54) is 0 Å². The van der Waals surface area contributed by atoms with Gasteiger partial charge in [0, 0.05) is 6.54 Å². The first-order valence-electron chi connectivity index (χ1n) is 4.78. The van der Waals surface area contributed by atoms with E-state index in [0.29, 0.717) is 0 Å². The third kappa shape index (κ3) is 6.43. The van der Waals surface area contributed by atoms with Crippen LogP contribution in [0.25, 0.3) is 0 Å². The lowest BCUT2D eigenvalue weighted by Crippen LogP contribution is -2.46. The lowest BCUT2D eigenvalue weighted by molar-refractivity contribution is -0.139. The predicted molar refractivity (Wildman–Crippen MR) is 56.6 cm³/mol. The molecule has 0 heterocycles. The number of rotatable bonds is 7. The Bertz CT molecular complexity index is 300. The molecule has 15 heavy (non-hydrogen) atoms. The van der Waals surface area contributed by atoms with E-state index in [9.17, 15) is 13.2 Å². The molecule has 0 amide bonds. The monoisotopic (exact) mass is 238 g/mol. The summed E-state index contributed by atoms with van der Waals surface area (Å²) in [6.07, 6.45) is 0.206. The Morgan fingerprint density at radius 1 is 1.40 bits per heavy atom. The maximum absolute atomic E-state index is 11.3. The molecule has 7 heteroatoms. The van der Waals surface area contributed by atoms with Gasteiger partial charge in [-0.25, -0.2) is 4.72 Å². The van der Waals surface area contributed by atoms with Crippen molar-refractivity contribution >= 4 is 16.2 Å². The predicted octanol–water partition coefficient (Wildman–Crippen LogP) is -0.0704. The SMILES string of the molecule is CC[C@H](NS(=O)(=O)NCC(C)C)C(=O)O. The van der Waals surface area contributed by atoms with Crippen LogP contribution >= 0.6 is 0 Å². The summed E-state index contributed by atoms with van der Waals surface area (Å²) >= 11 is 0. The molecule has 3 N–H and O–H groups in total. The zero-order chi connectivity index (χ0) is 12.1. The maximum atomic E-state index is 11.3. The van der Waals surface area contributed by atoms with Crippen LogP contribution in [0, 0.1) is 5.92 Å². The number of hydrogen-bond donors (Lipinski definition) is 3. The van der Waals surface area contributed by atoms with Gasteiger partial charge >= 0.3 is 5.97 Å². The molecular formula is C8H18N2O4S. The fourth-order valence-corrected chi connectivity index (χ4v) is 2.09. The van der Waals surface area contributed by atoms with Crippen molar-refractivity contribution < 1.29 is 18.3 Å². The molecule has 1 atom stereocenters. The Kier molecular flexibility index (Phi) is 5.77. The lowest BCUT2D eigenvalue weighted by atomic mass is 10.2. The minimum Gasteiger partial charge on any atom is -0.480 e. The average molecular weight is 238 g/mol. The first-order valence-corrected chi connectivity index (χ1v) is 6.26. The van der Waals surface area contributed by atoms with Gasteiger partial charge in [-0.3, -0.25) is 4.79 Å². The topological polar surface area (TPSA) is 95.5 Å². The fourth-order valence-electron chi connectivity index (χ4n) is 0.814. The third-order valence-corrected chi connectivity index (χ3v) is 2.83. The van der Waals surface area contributed by atoms with Crippen molar-refractivity contribution in [3.05, 3.63) is 0 Å². The minimum absolute atomic E-state index is 0.173. The van der Waals surface area contributed by atoms with Gasteiger partial charge in [-0.15, -0.1) is 0 Å². The molecular weight excluding hydrogens is 220 g/mol. The van der Waals surface area contributed by atoms with Crippen LogP contribution in [0.5, 0.6) is 0 Å². The van der Waals surface area contributed by atoms with Crippen molar-refractivity contribution in [2.45, 2.75) is 33.2 Å². The molecule has 0 saturated heterocycles. The Morgan fingerprint density at radius 3 is 2.27 bits per heavy atom. The summed E-state index contributed by atoms with van der Waals surface area (Å²) in [5.74, 6) is -1.00. The molecule has 0 unspecified atom stereocenters. The van der Waals surface area contributed by atoms with E-state index in [1.807, 2.05) is 13.8 Å². The summed E-state index contributed by atoms with van der Waals surface area (Å²) in [5, 5.41) is 8.66. The molecule has 90 valence electrons. The number of carboxylic acids is 1. The first-order chi connectivity index (χ1) is 6.78. The molecule has 0 aliphatic carbocycles. The zero-order valence-corrected chi connectivity index (χ0v) is 9.97. The van der Waals surface area contributed by atoms with Crippen LogP contribution < -0.4 is 9.44 Å². The van der Waals surface area contributed by atoms with Crippen LogP contribution in [0.4, 0.5) is 0 Å². The van der Waals surface area contributed by atoms with E-state index >= 15 is 0 Å². The second-order valence-corrected chi connectivity index (χ2v) is 5.19. The van der Waals surface area contributed by atoms with Gasteiger partial charge in [0.05, 0.1) is 0 Å². The molecule has 0 bridgehead atoms. The van der Waals surface area contributed by atoms with Gasteiger partial charge in [0.25, 0.3) is 10.2 Å². The number of carboxylic acid groups (broad SMARTS) is 1. The van der Waals surface area contributed by atoms with Crippen molar-refractivity contribution in [2.24, 2.45) is 5.92 Å². The molecule has 0 aromatic rings. The molecule has 0 radical (unpaired) electrons. The van der Waals surface area contributed by atoms with Gasteiger partial charge in [0.1, 0.15) is 6.04 Å². The van der Waals surface area contributed by atoms with Crippen molar-refractivity contribution in [3.8, 4) is 0 Å². The average Bonchev–Trinajstić information content (AvgIpc) is 2.11. The van der Waals surface area contributed by atoms with Gasteiger partial charge in [-0.05, 0) is 12.3 Å².